The van der Waals surface area contributed by atoms with Crippen molar-refractivity contribution in [1.82, 2.24) is 0 Å². The number of nitrogens with two attached hydrogens (primary N) is 1. The number of hydrogen-bond donors (Lipinski definition) is 1. The third-order valence-electron chi connectivity index (χ3n) is 7.54. The van der Waals surface area contributed by atoms with E-state index in [1.165, 1.54) is 18.4 Å². The van der Waals surface area contributed by atoms with Crippen LogP contribution in [0.3, 0.4) is 0 Å². The number of carbonyl (C=O) groups is 1. The van der Waals surface area contributed by atoms with E-state index >= 15 is 0 Å². The smallest absolute Gasteiger partial charge is 0.315 e. The van der Waals surface area contributed by atoms with Gasteiger partial charge in [0, 0.05) is 18.8 Å². The highest BCUT2D eigenvalue weighted by atomic mass is 16.6. The normalized spacial score (nSPS) is 36.8. The molecule has 27 heavy (non-hydrogen) atoms. The van der Waals surface area contributed by atoms with Crippen molar-refractivity contribution in [2.75, 3.05) is 6.54 Å². The Balaban J connectivity index is 1.34. The van der Waals surface area contributed by atoms with Crippen LogP contribution in [0.4, 0.5) is 0 Å². The molecule has 6 unspecified atom stereocenters. The number of quaternary nitrogens is 1. The van der Waals surface area contributed by atoms with Crippen molar-refractivity contribution in [2.24, 2.45) is 23.2 Å². The van der Waals surface area contributed by atoms with Crippen molar-refractivity contribution in [3.8, 4) is 0 Å². The Hall–Kier alpha value is -1.55. The molecule has 0 spiro atoms. The Bertz CT molecular complexity index is 682. The fourth-order valence-corrected chi connectivity index (χ4v) is 5.85. The van der Waals surface area contributed by atoms with E-state index in [9.17, 15) is 4.79 Å². The highest BCUT2D eigenvalue weighted by molar-refractivity contribution is 5.75. The Morgan fingerprint density at radius 2 is 2.30 bits per heavy atom. The Labute approximate surface area is 162 Å². The number of allylic oxidation sites excluding steroid dienone is 1. The van der Waals surface area contributed by atoms with E-state index in [1.807, 2.05) is 12.1 Å². The molecule has 2 aliphatic carbocycles. The van der Waals surface area contributed by atoms with Crippen molar-refractivity contribution in [2.45, 2.75) is 70.9 Å². The van der Waals surface area contributed by atoms with Gasteiger partial charge in [-0.3, -0.25) is 4.79 Å². The number of fused-ring (bicyclic) bond motifs is 2. The monoisotopic (exact) mass is 372 g/mol. The number of hydrogen-bond acceptors (Lipinski definition) is 3. The standard InChI is InChI=1S/C23H33NO3/c1-15-6-4-10-23(3)13-21-18(12-20(15)23)19(22(25)27-21)14-24-16(2)8-9-17-7-5-11-26-17/h5,7,11,16,18-21,24H,1,4,6,8-10,12-14H2,2-3H3/p+1. The van der Waals surface area contributed by atoms with Gasteiger partial charge in [-0.2, -0.15) is 0 Å². The molecule has 0 amide bonds. The molecule has 2 heterocycles. The minimum absolute atomic E-state index is 0.0346. The summed E-state index contributed by atoms with van der Waals surface area (Å²) in [5, 5.41) is 2.33. The highest BCUT2D eigenvalue weighted by Crippen LogP contribution is 2.56. The predicted molar refractivity (Wildman–Crippen MR) is 104 cm³/mol. The van der Waals surface area contributed by atoms with Gasteiger partial charge in [-0.15, -0.1) is 0 Å². The quantitative estimate of drug-likeness (QED) is 0.614. The van der Waals surface area contributed by atoms with E-state index < -0.39 is 0 Å². The molecule has 1 saturated heterocycles. The Kier molecular flexibility index (Phi) is 5.19. The Morgan fingerprint density at radius 1 is 1.44 bits per heavy atom. The number of carbonyl (C=O) groups excluding carboxylic acids is 1. The van der Waals surface area contributed by atoms with Crippen LogP contribution in [0.5, 0.6) is 0 Å². The van der Waals surface area contributed by atoms with Gasteiger partial charge in [0.05, 0.1) is 18.8 Å². The lowest BCUT2D eigenvalue weighted by atomic mass is 9.55. The summed E-state index contributed by atoms with van der Waals surface area (Å²) in [4.78, 5) is 12.6. The molecule has 4 rings (SSSR count). The molecule has 148 valence electrons. The van der Waals surface area contributed by atoms with Crippen LogP contribution in [0.2, 0.25) is 0 Å². The molecule has 3 aliphatic rings. The zero-order valence-corrected chi connectivity index (χ0v) is 16.8. The fraction of sp³-hybridized carbons (Fsp3) is 0.696. The van der Waals surface area contributed by atoms with E-state index in [0.29, 0.717) is 17.9 Å². The SMILES string of the molecule is C=C1CCCC2(C)CC3OC(=O)C(C[NH2+]C(C)CCc4ccco4)C3CC12. The van der Waals surface area contributed by atoms with Crippen molar-refractivity contribution >= 4 is 5.97 Å². The minimum Gasteiger partial charge on any atom is -0.469 e. The molecular weight excluding hydrogens is 338 g/mol. The molecule has 0 aromatic carbocycles. The third-order valence-corrected chi connectivity index (χ3v) is 7.54. The van der Waals surface area contributed by atoms with Gasteiger partial charge in [0.2, 0.25) is 0 Å². The molecular formula is C23H34NO3+. The highest BCUT2D eigenvalue weighted by Gasteiger charge is 2.55. The molecule has 6 atom stereocenters. The van der Waals surface area contributed by atoms with E-state index in [4.69, 9.17) is 9.15 Å². The summed E-state index contributed by atoms with van der Waals surface area (Å²) in [6.07, 6.45) is 9.62. The lowest BCUT2D eigenvalue weighted by molar-refractivity contribution is -0.690. The molecule has 0 radical (unpaired) electrons. The zero-order valence-electron chi connectivity index (χ0n) is 16.8. The van der Waals surface area contributed by atoms with Gasteiger partial charge in [0.25, 0.3) is 0 Å². The van der Waals surface area contributed by atoms with Gasteiger partial charge in [0.1, 0.15) is 17.8 Å². The van der Waals surface area contributed by atoms with Crippen molar-refractivity contribution in [3.05, 3.63) is 36.3 Å². The van der Waals surface area contributed by atoms with Gasteiger partial charge < -0.3 is 14.5 Å². The number of esters is 1. The van der Waals surface area contributed by atoms with Crippen LogP contribution in [0.25, 0.3) is 0 Å². The van der Waals surface area contributed by atoms with E-state index in [0.717, 1.165) is 44.4 Å². The number of furan rings is 1. The minimum atomic E-state index is 0.0346. The van der Waals surface area contributed by atoms with E-state index in [2.05, 4.69) is 25.7 Å². The van der Waals surface area contributed by atoms with Crippen molar-refractivity contribution < 1.29 is 19.3 Å². The number of ether oxygens (including phenoxy) is 1. The maximum absolute atomic E-state index is 12.6. The molecule has 0 bridgehead atoms. The van der Waals surface area contributed by atoms with Gasteiger partial charge in [0.15, 0.2) is 0 Å². The average Bonchev–Trinajstić information content (AvgIpc) is 3.23. The first kappa shape index (κ1) is 18.8. The van der Waals surface area contributed by atoms with E-state index in [1.54, 1.807) is 6.26 Å². The molecule has 1 aliphatic heterocycles. The summed E-state index contributed by atoms with van der Waals surface area (Å²) < 4.78 is 11.3. The Morgan fingerprint density at radius 3 is 3.07 bits per heavy atom. The molecule has 2 saturated carbocycles. The first-order chi connectivity index (χ1) is 13.0. The summed E-state index contributed by atoms with van der Waals surface area (Å²) in [6.45, 7) is 9.85. The summed E-state index contributed by atoms with van der Waals surface area (Å²) in [6, 6.07) is 4.44. The molecule has 1 aromatic heterocycles. The second kappa shape index (κ2) is 7.46. The summed E-state index contributed by atoms with van der Waals surface area (Å²) in [5.41, 5.74) is 1.70. The molecule has 2 N–H and O–H groups in total. The molecule has 3 fully saturated rings. The van der Waals surface area contributed by atoms with Crippen molar-refractivity contribution in [3.63, 3.8) is 0 Å². The fourth-order valence-electron chi connectivity index (χ4n) is 5.85. The second-order valence-corrected chi connectivity index (χ2v) is 9.47. The van der Waals surface area contributed by atoms with Crippen LogP contribution in [0, 0.1) is 23.2 Å². The van der Waals surface area contributed by atoms with Crippen LogP contribution >= 0.6 is 0 Å². The van der Waals surface area contributed by atoms with E-state index in [-0.39, 0.29) is 23.4 Å². The van der Waals surface area contributed by atoms with Crippen LogP contribution in [-0.4, -0.2) is 24.7 Å². The maximum Gasteiger partial charge on any atom is 0.315 e. The van der Waals surface area contributed by atoms with Crippen LogP contribution in [0.15, 0.2) is 35.0 Å². The predicted octanol–water partition coefficient (Wildman–Crippen LogP) is 3.48. The van der Waals surface area contributed by atoms with Gasteiger partial charge in [-0.05, 0) is 62.5 Å². The van der Waals surface area contributed by atoms with Gasteiger partial charge in [-0.25, -0.2) is 0 Å². The third kappa shape index (κ3) is 3.73. The first-order valence-corrected chi connectivity index (χ1v) is 10.7. The summed E-state index contributed by atoms with van der Waals surface area (Å²) in [5.74, 6) is 2.06. The number of rotatable bonds is 6. The largest absolute Gasteiger partial charge is 0.469 e. The van der Waals surface area contributed by atoms with Crippen LogP contribution in [0.1, 0.15) is 58.1 Å². The molecule has 1 aromatic rings. The van der Waals surface area contributed by atoms with Gasteiger partial charge in [-0.1, -0.05) is 19.1 Å². The van der Waals surface area contributed by atoms with Crippen LogP contribution in [-0.2, 0) is 16.0 Å². The topological polar surface area (TPSA) is 56.0 Å². The first-order valence-electron chi connectivity index (χ1n) is 10.7. The van der Waals surface area contributed by atoms with Crippen LogP contribution < -0.4 is 5.32 Å². The lowest BCUT2D eigenvalue weighted by Gasteiger charge is -2.49. The second-order valence-electron chi connectivity index (χ2n) is 9.47. The summed E-state index contributed by atoms with van der Waals surface area (Å²) >= 11 is 0. The zero-order chi connectivity index (χ0) is 19.0. The average molecular weight is 373 g/mol. The summed E-state index contributed by atoms with van der Waals surface area (Å²) in [7, 11) is 0. The molecule has 4 heteroatoms. The molecule has 4 nitrogen and oxygen atoms in total. The van der Waals surface area contributed by atoms with Gasteiger partial charge >= 0.3 is 5.97 Å². The number of aryl methyl sites for hydroxylation is 1. The maximum atomic E-state index is 12.6. The van der Waals surface area contributed by atoms with Crippen molar-refractivity contribution in [1.29, 1.82) is 0 Å². The lowest BCUT2D eigenvalue weighted by Crippen LogP contribution is -2.91.